The average molecular weight is 378 g/mol. The average Bonchev–Trinajstić information content (AvgIpc) is 3.13. The van der Waals surface area contributed by atoms with Crippen LogP contribution in [0.1, 0.15) is 28.8 Å². The minimum atomic E-state index is -0.195. The van der Waals surface area contributed by atoms with Crippen molar-refractivity contribution in [1.29, 1.82) is 0 Å². The van der Waals surface area contributed by atoms with Crippen LogP contribution in [0.5, 0.6) is 0 Å². The third-order valence-electron chi connectivity index (χ3n) is 5.89. The Hall–Kier alpha value is -2.66. The van der Waals surface area contributed by atoms with E-state index in [1.807, 2.05) is 60.4 Å². The second-order valence-electron chi connectivity index (χ2n) is 7.47. The standard InChI is InChI=1S/C23H26N2O3/c1-2-28-23(27)19-15-24-13-14-25(22(26)18-11-7-4-8-12-18)16-20(24)21(19)17-9-5-3-6-10-17/h3-12,19-21H,2,13-16H2,1H3/t19-,20-,21+/m1/s1. The second kappa shape index (κ2) is 8.15. The summed E-state index contributed by atoms with van der Waals surface area (Å²) in [4.78, 5) is 29.9. The maximum atomic E-state index is 13.0. The molecule has 0 spiro atoms. The van der Waals surface area contributed by atoms with Gasteiger partial charge in [-0.3, -0.25) is 14.5 Å². The molecule has 4 rings (SSSR count). The van der Waals surface area contributed by atoms with Gasteiger partial charge in [0.05, 0.1) is 12.5 Å². The molecular weight excluding hydrogens is 352 g/mol. The third kappa shape index (κ3) is 3.54. The lowest BCUT2D eigenvalue weighted by Crippen LogP contribution is -2.53. The molecule has 5 nitrogen and oxygen atoms in total. The molecule has 0 saturated carbocycles. The number of amides is 1. The van der Waals surface area contributed by atoms with Gasteiger partial charge in [0.2, 0.25) is 0 Å². The fraction of sp³-hybridized carbons (Fsp3) is 0.391. The molecule has 2 saturated heterocycles. The molecule has 0 aromatic heterocycles. The monoisotopic (exact) mass is 378 g/mol. The minimum absolute atomic E-state index is 0.0339. The van der Waals surface area contributed by atoms with E-state index in [2.05, 4.69) is 17.0 Å². The van der Waals surface area contributed by atoms with E-state index >= 15 is 0 Å². The lowest BCUT2D eigenvalue weighted by atomic mass is 9.83. The first-order valence-corrected chi connectivity index (χ1v) is 9.99. The van der Waals surface area contributed by atoms with E-state index in [9.17, 15) is 9.59 Å². The van der Waals surface area contributed by atoms with Crippen molar-refractivity contribution in [2.24, 2.45) is 5.92 Å². The number of hydrogen-bond acceptors (Lipinski definition) is 4. The number of carbonyl (C=O) groups is 2. The topological polar surface area (TPSA) is 49.9 Å². The fourth-order valence-electron chi connectivity index (χ4n) is 4.60. The maximum absolute atomic E-state index is 13.0. The number of benzene rings is 2. The predicted molar refractivity (Wildman–Crippen MR) is 107 cm³/mol. The van der Waals surface area contributed by atoms with Crippen LogP contribution in [-0.2, 0) is 9.53 Å². The van der Waals surface area contributed by atoms with Gasteiger partial charge >= 0.3 is 5.97 Å². The summed E-state index contributed by atoms with van der Waals surface area (Å²) < 4.78 is 5.38. The molecule has 0 unspecified atom stereocenters. The predicted octanol–water partition coefficient (Wildman–Crippen LogP) is 2.79. The summed E-state index contributed by atoms with van der Waals surface area (Å²) in [5.74, 6) is -0.232. The van der Waals surface area contributed by atoms with E-state index in [4.69, 9.17) is 4.74 Å². The number of hydrogen-bond donors (Lipinski definition) is 0. The molecular formula is C23H26N2O3. The number of fused-ring (bicyclic) bond motifs is 1. The Balaban J connectivity index is 1.60. The first-order valence-electron chi connectivity index (χ1n) is 9.99. The number of ether oxygens (including phenoxy) is 1. The number of esters is 1. The molecule has 2 fully saturated rings. The largest absolute Gasteiger partial charge is 0.466 e. The van der Waals surface area contributed by atoms with E-state index in [1.54, 1.807) is 0 Å². The van der Waals surface area contributed by atoms with Crippen molar-refractivity contribution in [2.45, 2.75) is 18.9 Å². The molecule has 1 amide bonds. The fourth-order valence-corrected chi connectivity index (χ4v) is 4.60. The van der Waals surface area contributed by atoms with Crippen LogP contribution in [-0.4, -0.2) is 60.5 Å². The Morgan fingerprint density at radius 3 is 2.32 bits per heavy atom. The highest BCUT2D eigenvalue weighted by Crippen LogP contribution is 2.40. The smallest absolute Gasteiger partial charge is 0.310 e. The van der Waals surface area contributed by atoms with Crippen molar-refractivity contribution >= 4 is 11.9 Å². The summed E-state index contributed by atoms with van der Waals surface area (Å²) in [6.07, 6.45) is 0. The lowest BCUT2D eigenvalue weighted by Gasteiger charge is -2.39. The van der Waals surface area contributed by atoms with Crippen molar-refractivity contribution in [1.82, 2.24) is 9.80 Å². The molecule has 2 aliphatic rings. The zero-order chi connectivity index (χ0) is 19.5. The Morgan fingerprint density at radius 2 is 1.64 bits per heavy atom. The van der Waals surface area contributed by atoms with Gasteiger partial charge in [0.15, 0.2) is 0 Å². The lowest BCUT2D eigenvalue weighted by molar-refractivity contribution is -0.148. The minimum Gasteiger partial charge on any atom is -0.466 e. The van der Waals surface area contributed by atoms with Crippen LogP contribution in [0.3, 0.4) is 0 Å². The van der Waals surface area contributed by atoms with Crippen molar-refractivity contribution in [3.8, 4) is 0 Å². The van der Waals surface area contributed by atoms with Crippen LogP contribution in [0.4, 0.5) is 0 Å². The first kappa shape index (κ1) is 18.7. The molecule has 0 bridgehead atoms. The highest BCUT2D eigenvalue weighted by molar-refractivity contribution is 5.94. The van der Waals surface area contributed by atoms with E-state index in [1.165, 1.54) is 0 Å². The molecule has 0 aliphatic carbocycles. The molecule has 28 heavy (non-hydrogen) atoms. The summed E-state index contributed by atoms with van der Waals surface area (Å²) in [5, 5.41) is 0. The Kier molecular flexibility index (Phi) is 5.44. The van der Waals surface area contributed by atoms with Crippen LogP contribution < -0.4 is 0 Å². The van der Waals surface area contributed by atoms with Crippen LogP contribution >= 0.6 is 0 Å². The van der Waals surface area contributed by atoms with Gasteiger partial charge < -0.3 is 9.64 Å². The van der Waals surface area contributed by atoms with Gasteiger partial charge in [-0.15, -0.1) is 0 Å². The molecule has 146 valence electrons. The highest BCUT2D eigenvalue weighted by Gasteiger charge is 2.49. The Morgan fingerprint density at radius 1 is 0.964 bits per heavy atom. The quantitative estimate of drug-likeness (QED) is 0.768. The summed E-state index contributed by atoms with van der Waals surface area (Å²) in [6, 6.07) is 19.7. The molecule has 2 aromatic rings. The van der Waals surface area contributed by atoms with Gasteiger partial charge in [-0.1, -0.05) is 48.5 Å². The summed E-state index contributed by atoms with van der Waals surface area (Å²) in [7, 11) is 0. The van der Waals surface area contributed by atoms with Crippen molar-refractivity contribution < 1.29 is 14.3 Å². The SMILES string of the molecule is CCOC(=O)[C@@H]1CN2CCN(C(=O)c3ccccc3)C[C@@H]2[C@H]1c1ccccc1. The zero-order valence-corrected chi connectivity index (χ0v) is 16.2. The van der Waals surface area contributed by atoms with E-state index in [0.717, 1.165) is 12.1 Å². The number of rotatable bonds is 4. The van der Waals surface area contributed by atoms with Crippen LogP contribution in [0, 0.1) is 5.92 Å². The van der Waals surface area contributed by atoms with E-state index < -0.39 is 0 Å². The van der Waals surface area contributed by atoms with Crippen molar-refractivity contribution in [2.75, 3.05) is 32.8 Å². The zero-order valence-electron chi connectivity index (χ0n) is 16.2. The molecule has 2 heterocycles. The highest BCUT2D eigenvalue weighted by atomic mass is 16.5. The Bertz CT molecular complexity index is 824. The summed E-state index contributed by atoms with van der Waals surface area (Å²) >= 11 is 0. The number of carbonyl (C=O) groups excluding carboxylic acids is 2. The molecule has 3 atom stereocenters. The maximum Gasteiger partial charge on any atom is 0.310 e. The van der Waals surface area contributed by atoms with Gasteiger partial charge in [0.25, 0.3) is 5.91 Å². The van der Waals surface area contributed by atoms with E-state index in [-0.39, 0.29) is 29.8 Å². The molecule has 5 heteroatoms. The summed E-state index contributed by atoms with van der Waals surface area (Å²) in [6.45, 7) is 5.02. The van der Waals surface area contributed by atoms with Gasteiger partial charge in [-0.2, -0.15) is 0 Å². The third-order valence-corrected chi connectivity index (χ3v) is 5.89. The number of nitrogens with zero attached hydrogens (tertiary/aromatic N) is 2. The van der Waals surface area contributed by atoms with Crippen molar-refractivity contribution in [3.63, 3.8) is 0 Å². The van der Waals surface area contributed by atoms with Gasteiger partial charge in [0, 0.05) is 43.7 Å². The van der Waals surface area contributed by atoms with E-state index in [0.29, 0.717) is 31.8 Å². The van der Waals surface area contributed by atoms with Gasteiger partial charge in [-0.25, -0.2) is 0 Å². The second-order valence-corrected chi connectivity index (χ2v) is 7.47. The van der Waals surface area contributed by atoms with Crippen molar-refractivity contribution in [3.05, 3.63) is 71.8 Å². The molecule has 2 aliphatic heterocycles. The first-order chi connectivity index (χ1) is 13.7. The van der Waals surface area contributed by atoms with Gasteiger partial charge in [-0.05, 0) is 24.6 Å². The van der Waals surface area contributed by atoms with Crippen LogP contribution in [0.15, 0.2) is 60.7 Å². The van der Waals surface area contributed by atoms with Crippen LogP contribution in [0.25, 0.3) is 0 Å². The van der Waals surface area contributed by atoms with Crippen LogP contribution in [0.2, 0.25) is 0 Å². The number of piperazine rings is 1. The summed E-state index contributed by atoms with van der Waals surface area (Å²) in [5.41, 5.74) is 1.86. The normalized spacial score (nSPS) is 24.6. The molecule has 2 aromatic carbocycles. The molecule has 0 N–H and O–H groups in total. The Labute approximate surface area is 165 Å². The molecule has 0 radical (unpaired) electrons. The van der Waals surface area contributed by atoms with Gasteiger partial charge in [0.1, 0.15) is 0 Å².